The van der Waals surface area contributed by atoms with E-state index in [4.69, 9.17) is 5.11 Å². The summed E-state index contributed by atoms with van der Waals surface area (Å²) in [4.78, 5) is 0. The Morgan fingerprint density at radius 2 is 1.95 bits per heavy atom. The fourth-order valence-corrected chi connectivity index (χ4v) is 4.38. The lowest BCUT2D eigenvalue weighted by Crippen LogP contribution is -2.37. The average molecular weight is 297 g/mol. The number of nitrogens with one attached hydrogen (secondary N) is 1. The molecule has 4 nitrogen and oxygen atoms in total. The zero-order chi connectivity index (χ0) is 14.6. The molecule has 1 unspecified atom stereocenters. The smallest absolute Gasteiger partial charge is 0.216 e. The summed E-state index contributed by atoms with van der Waals surface area (Å²) in [6.07, 6.45) is 4.64. The van der Waals surface area contributed by atoms with Gasteiger partial charge in [0.2, 0.25) is 10.0 Å². The Bertz CT molecular complexity index is 536. The SMILES string of the molecule is CC(NS(=O)(=O)Cc1cccc(CO)c1)C1CCCC1. The van der Waals surface area contributed by atoms with Gasteiger partial charge in [0.25, 0.3) is 0 Å². The second kappa shape index (κ2) is 6.70. The number of hydrogen-bond acceptors (Lipinski definition) is 3. The lowest BCUT2D eigenvalue weighted by Gasteiger charge is -2.20. The molecule has 0 saturated heterocycles. The number of rotatable bonds is 6. The molecule has 0 spiro atoms. The molecule has 0 bridgehead atoms. The van der Waals surface area contributed by atoms with Gasteiger partial charge in [0.15, 0.2) is 0 Å². The van der Waals surface area contributed by atoms with Crippen LogP contribution >= 0.6 is 0 Å². The molecule has 2 rings (SSSR count). The normalized spacial score (nSPS) is 18.3. The van der Waals surface area contributed by atoms with Crippen molar-refractivity contribution in [2.75, 3.05) is 0 Å². The van der Waals surface area contributed by atoms with E-state index in [0.717, 1.165) is 18.4 Å². The van der Waals surface area contributed by atoms with Gasteiger partial charge >= 0.3 is 0 Å². The number of sulfonamides is 1. The van der Waals surface area contributed by atoms with Crippen LogP contribution in [0.5, 0.6) is 0 Å². The minimum atomic E-state index is -3.33. The molecule has 2 N–H and O–H groups in total. The third kappa shape index (κ3) is 4.30. The highest BCUT2D eigenvalue weighted by atomic mass is 32.2. The molecule has 0 aromatic heterocycles. The van der Waals surface area contributed by atoms with Crippen LogP contribution in [0.2, 0.25) is 0 Å². The zero-order valence-corrected chi connectivity index (χ0v) is 12.7. The predicted molar refractivity (Wildman–Crippen MR) is 79.5 cm³/mol. The first-order chi connectivity index (χ1) is 9.50. The van der Waals surface area contributed by atoms with Crippen molar-refractivity contribution in [3.63, 3.8) is 0 Å². The third-order valence-corrected chi connectivity index (χ3v) is 5.45. The van der Waals surface area contributed by atoms with E-state index in [9.17, 15) is 8.42 Å². The van der Waals surface area contributed by atoms with Crippen LogP contribution in [0.3, 0.4) is 0 Å². The van der Waals surface area contributed by atoms with E-state index in [2.05, 4.69) is 4.72 Å². The summed E-state index contributed by atoms with van der Waals surface area (Å²) >= 11 is 0. The molecule has 1 atom stereocenters. The van der Waals surface area contributed by atoms with Crippen LogP contribution in [0.25, 0.3) is 0 Å². The van der Waals surface area contributed by atoms with E-state index in [-0.39, 0.29) is 18.4 Å². The van der Waals surface area contributed by atoms with Crippen molar-refractivity contribution in [1.29, 1.82) is 0 Å². The number of aliphatic hydroxyl groups is 1. The highest BCUT2D eigenvalue weighted by Crippen LogP contribution is 2.28. The molecule has 1 fully saturated rings. The average Bonchev–Trinajstić information content (AvgIpc) is 2.91. The van der Waals surface area contributed by atoms with E-state index in [1.165, 1.54) is 12.8 Å². The van der Waals surface area contributed by atoms with Crippen LogP contribution in [0.15, 0.2) is 24.3 Å². The second-order valence-corrected chi connectivity index (χ2v) is 7.44. The Morgan fingerprint density at radius 3 is 2.60 bits per heavy atom. The molecule has 0 aliphatic heterocycles. The summed E-state index contributed by atoms with van der Waals surface area (Å²) in [7, 11) is -3.33. The fourth-order valence-electron chi connectivity index (χ4n) is 2.92. The molecule has 0 amide bonds. The number of hydrogen-bond donors (Lipinski definition) is 2. The van der Waals surface area contributed by atoms with Crippen LogP contribution < -0.4 is 4.72 Å². The van der Waals surface area contributed by atoms with Gasteiger partial charge in [-0.2, -0.15) is 0 Å². The molecular weight excluding hydrogens is 274 g/mol. The first kappa shape index (κ1) is 15.5. The molecule has 1 aromatic carbocycles. The Hall–Kier alpha value is -0.910. The highest BCUT2D eigenvalue weighted by Gasteiger charge is 2.25. The maximum absolute atomic E-state index is 12.2. The Morgan fingerprint density at radius 1 is 1.30 bits per heavy atom. The van der Waals surface area contributed by atoms with E-state index < -0.39 is 10.0 Å². The van der Waals surface area contributed by atoms with Gasteiger partial charge in [-0.05, 0) is 36.8 Å². The van der Waals surface area contributed by atoms with Crippen molar-refractivity contribution in [1.82, 2.24) is 4.72 Å². The summed E-state index contributed by atoms with van der Waals surface area (Å²) in [5.41, 5.74) is 1.45. The zero-order valence-electron chi connectivity index (χ0n) is 11.9. The summed E-state index contributed by atoms with van der Waals surface area (Å²) < 4.78 is 27.2. The maximum Gasteiger partial charge on any atom is 0.216 e. The van der Waals surface area contributed by atoms with Crippen LogP contribution in [-0.2, 0) is 22.4 Å². The lowest BCUT2D eigenvalue weighted by atomic mass is 10.0. The van der Waals surface area contributed by atoms with Gasteiger partial charge in [-0.15, -0.1) is 0 Å². The first-order valence-corrected chi connectivity index (χ1v) is 8.84. The van der Waals surface area contributed by atoms with Crippen molar-refractivity contribution in [3.05, 3.63) is 35.4 Å². The van der Waals surface area contributed by atoms with Gasteiger partial charge in [0, 0.05) is 6.04 Å². The van der Waals surface area contributed by atoms with Gasteiger partial charge in [0.05, 0.1) is 12.4 Å². The summed E-state index contributed by atoms with van der Waals surface area (Å²) in [6, 6.07) is 7.07. The van der Waals surface area contributed by atoms with Crippen molar-refractivity contribution >= 4 is 10.0 Å². The van der Waals surface area contributed by atoms with E-state index in [1.54, 1.807) is 24.3 Å². The predicted octanol–water partition coefficient (Wildman–Crippen LogP) is 2.18. The molecule has 20 heavy (non-hydrogen) atoms. The Balaban J connectivity index is 1.99. The fraction of sp³-hybridized carbons (Fsp3) is 0.600. The van der Waals surface area contributed by atoms with Gasteiger partial charge in [-0.25, -0.2) is 13.1 Å². The lowest BCUT2D eigenvalue weighted by molar-refractivity contribution is 0.282. The molecular formula is C15H23NO3S. The van der Waals surface area contributed by atoms with Crippen molar-refractivity contribution in [2.24, 2.45) is 5.92 Å². The van der Waals surface area contributed by atoms with E-state index in [0.29, 0.717) is 11.5 Å². The molecule has 1 aliphatic carbocycles. The Labute approximate surface area is 121 Å². The Kier molecular flexibility index (Phi) is 5.18. The largest absolute Gasteiger partial charge is 0.392 e. The van der Waals surface area contributed by atoms with Crippen LogP contribution in [0.1, 0.15) is 43.7 Å². The van der Waals surface area contributed by atoms with Crippen LogP contribution in [0.4, 0.5) is 0 Å². The minimum Gasteiger partial charge on any atom is -0.392 e. The van der Waals surface area contributed by atoms with E-state index in [1.807, 2.05) is 6.92 Å². The van der Waals surface area contributed by atoms with Gasteiger partial charge in [-0.1, -0.05) is 37.1 Å². The first-order valence-electron chi connectivity index (χ1n) is 7.19. The number of benzene rings is 1. The molecule has 0 radical (unpaired) electrons. The maximum atomic E-state index is 12.2. The second-order valence-electron chi connectivity index (χ2n) is 5.69. The monoisotopic (exact) mass is 297 g/mol. The molecule has 5 heteroatoms. The van der Waals surface area contributed by atoms with Gasteiger partial charge in [-0.3, -0.25) is 0 Å². The van der Waals surface area contributed by atoms with E-state index >= 15 is 0 Å². The third-order valence-electron chi connectivity index (χ3n) is 4.00. The minimum absolute atomic E-state index is 0.00326. The quantitative estimate of drug-likeness (QED) is 0.845. The summed E-state index contributed by atoms with van der Waals surface area (Å²) in [5.74, 6) is 0.436. The van der Waals surface area contributed by atoms with Crippen molar-refractivity contribution in [3.8, 4) is 0 Å². The van der Waals surface area contributed by atoms with Crippen LogP contribution in [-0.4, -0.2) is 19.6 Å². The standard InChI is InChI=1S/C15H23NO3S/c1-12(15-7-2-3-8-15)16-20(18,19)11-14-6-4-5-13(9-14)10-17/h4-6,9,12,15-17H,2-3,7-8,10-11H2,1H3. The molecule has 1 saturated carbocycles. The molecule has 112 valence electrons. The highest BCUT2D eigenvalue weighted by molar-refractivity contribution is 7.88. The van der Waals surface area contributed by atoms with Crippen LogP contribution in [0, 0.1) is 5.92 Å². The van der Waals surface area contributed by atoms with Crippen molar-refractivity contribution in [2.45, 2.75) is 51.0 Å². The summed E-state index contributed by atoms with van der Waals surface area (Å²) in [5, 5.41) is 9.08. The summed E-state index contributed by atoms with van der Waals surface area (Å²) in [6.45, 7) is 1.89. The number of aliphatic hydroxyl groups excluding tert-OH is 1. The topological polar surface area (TPSA) is 66.4 Å². The van der Waals surface area contributed by atoms with Gasteiger partial charge in [0.1, 0.15) is 0 Å². The molecule has 1 aromatic rings. The molecule has 0 heterocycles. The van der Waals surface area contributed by atoms with Gasteiger partial charge < -0.3 is 5.11 Å². The molecule has 1 aliphatic rings. The van der Waals surface area contributed by atoms with Crippen molar-refractivity contribution < 1.29 is 13.5 Å².